The van der Waals surface area contributed by atoms with Crippen molar-refractivity contribution in [2.75, 3.05) is 14.2 Å². The lowest BCUT2D eigenvalue weighted by Gasteiger charge is -2.17. The van der Waals surface area contributed by atoms with E-state index >= 15 is 0 Å². The van der Waals surface area contributed by atoms with Crippen LogP contribution in [0.5, 0.6) is 11.5 Å². The van der Waals surface area contributed by atoms with Gasteiger partial charge >= 0.3 is 0 Å². The lowest BCUT2D eigenvalue weighted by Crippen LogP contribution is -2.05. The van der Waals surface area contributed by atoms with Gasteiger partial charge in [-0.05, 0) is 30.0 Å². The van der Waals surface area contributed by atoms with Crippen molar-refractivity contribution >= 4 is 0 Å². The molecule has 0 heterocycles. The van der Waals surface area contributed by atoms with E-state index in [0.717, 1.165) is 23.8 Å². The van der Waals surface area contributed by atoms with Gasteiger partial charge in [-0.25, -0.2) is 0 Å². The Bertz CT molecular complexity index is 360. The normalized spacial score (nSPS) is 12.2. The predicted molar refractivity (Wildman–Crippen MR) is 81.2 cm³/mol. The van der Waals surface area contributed by atoms with Crippen LogP contribution in [0.1, 0.15) is 51.5 Å². The molecule has 19 heavy (non-hydrogen) atoms. The van der Waals surface area contributed by atoms with Crippen LogP contribution in [0, 0.1) is 5.92 Å². The molecule has 1 aromatic rings. The highest BCUT2D eigenvalue weighted by atomic mass is 16.5. The maximum atomic E-state index is 5.37. The van der Waals surface area contributed by atoms with Crippen LogP contribution in [0.4, 0.5) is 0 Å². The predicted octanol–water partition coefficient (Wildman–Crippen LogP) is 4.85. The van der Waals surface area contributed by atoms with Crippen molar-refractivity contribution < 1.29 is 9.47 Å². The van der Waals surface area contributed by atoms with Crippen LogP contribution >= 0.6 is 0 Å². The third-order valence-corrected chi connectivity index (χ3v) is 3.64. The number of rotatable bonds is 9. The van der Waals surface area contributed by atoms with Crippen molar-refractivity contribution in [3.8, 4) is 11.5 Å². The van der Waals surface area contributed by atoms with Crippen LogP contribution in [0.3, 0.4) is 0 Å². The van der Waals surface area contributed by atoms with E-state index in [1.807, 2.05) is 6.07 Å². The van der Waals surface area contributed by atoms with Gasteiger partial charge < -0.3 is 9.47 Å². The van der Waals surface area contributed by atoms with Gasteiger partial charge in [-0.2, -0.15) is 0 Å². The second-order valence-corrected chi connectivity index (χ2v) is 5.19. The van der Waals surface area contributed by atoms with Crippen LogP contribution in [-0.2, 0) is 6.42 Å². The van der Waals surface area contributed by atoms with Gasteiger partial charge in [-0.15, -0.1) is 0 Å². The van der Waals surface area contributed by atoms with Gasteiger partial charge in [0.1, 0.15) is 0 Å². The van der Waals surface area contributed by atoms with E-state index in [-0.39, 0.29) is 0 Å². The number of benzene rings is 1. The topological polar surface area (TPSA) is 18.5 Å². The van der Waals surface area contributed by atoms with E-state index < -0.39 is 0 Å². The Morgan fingerprint density at radius 1 is 0.947 bits per heavy atom. The molecule has 0 fully saturated rings. The summed E-state index contributed by atoms with van der Waals surface area (Å²) in [6.45, 7) is 4.53. The number of unbranched alkanes of at least 4 members (excludes halogenated alkanes) is 1. The zero-order valence-electron chi connectivity index (χ0n) is 12.9. The highest BCUT2D eigenvalue weighted by Crippen LogP contribution is 2.29. The fraction of sp³-hybridized carbons (Fsp3) is 0.647. The first-order chi connectivity index (χ1) is 9.24. The fourth-order valence-corrected chi connectivity index (χ4v) is 2.59. The number of ether oxygens (including phenoxy) is 2. The monoisotopic (exact) mass is 264 g/mol. The Hall–Kier alpha value is -1.18. The Morgan fingerprint density at radius 2 is 1.68 bits per heavy atom. The first-order valence-electron chi connectivity index (χ1n) is 7.46. The summed E-state index contributed by atoms with van der Waals surface area (Å²) in [6.07, 6.45) is 7.67. The molecular formula is C17H28O2. The molecule has 1 aromatic carbocycles. The van der Waals surface area contributed by atoms with E-state index in [1.165, 1.54) is 37.7 Å². The van der Waals surface area contributed by atoms with Gasteiger partial charge in [0.05, 0.1) is 14.2 Å². The maximum Gasteiger partial charge on any atom is 0.160 e. The minimum atomic E-state index is 0.794. The van der Waals surface area contributed by atoms with Gasteiger partial charge in [0.2, 0.25) is 0 Å². The number of hydrogen-bond acceptors (Lipinski definition) is 2. The van der Waals surface area contributed by atoms with Crippen molar-refractivity contribution in [3.05, 3.63) is 23.8 Å². The Morgan fingerprint density at radius 3 is 2.26 bits per heavy atom. The Kier molecular flexibility index (Phi) is 7.39. The Balaban J connectivity index is 2.72. The molecule has 0 radical (unpaired) electrons. The van der Waals surface area contributed by atoms with Gasteiger partial charge in [0.25, 0.3) is 0 Å². The first kappa shape index (κ1) is 15.9. The third kappa shape index (κ3) is 5.14. The molecule has 0 aliphatic heterocycles. The van der Waals surface area contributed by atoms with Crippen LogP contribution < -0.4 is 9.47 Å². The summed E-state index contributed by atoms with van der Waals surface area (Å²) in [7, 11) is 3.38. The third-order valence-electron chi connectivity index (χ3n) is 3.64. The summed E-state index contributed by atoms with van der Waals surface area (Å²) in [4.78, 5) is 0. The van der Waals surface area contributed by atoms with Gasteiger partial charge in [0, 0.05) is 0 Å². The standard InChI is InChI=1S/C17H28O2/c1-5-7-9-14(8-6-2)12-15-10-11-16(18-3)17(13-15)19-4/h10-11,13-14H,5-9,12H2,1-4H3. The van der Waals surface area contributed by atoms with Crippen LogP contribution in [0.2, 0.25) is 0 Å². The highest BCUT2D eigenvalue weighted by Gasteiger charge is 2.11. The average molecular weight is 264 g/mol. The Labute approximate surface area is 118 Å². The second-order valence-electron chi connectivity index (χ2n) is 5.19. The SMILES string of the molecule is CCCCC(CCC)Cc1ccc(OC)c(OC)c1. The van der Waals surface area contributed by atoms with E-state index in [1.54, 1.807) is 14.2 Å². The average Bonchev–Trinajstić information content (AvgIpc) is 2.44. The molecule has 0 N–H and O–H groups in total. The van der Waals surface area contributed by atoms with Crippen molar-refractivity contribution in [2.45, 2.75) is 52.4 Å². The van der Waals surface area contributed by atoms with Gasteiger partial charge in [-0.3, -0.25) is 0 Å². The zero-order chi connectivity index (χ0) is 14.1. The van der Waals surface area contributed by atoms with E-state index in [4.69, 9.17) is 9.47 Å². The summed E-state index contributed by atoms with van der Waals surface area (Å²) >= 11 is 0. The van der Waals surface area contributed by atoms with E-state index in [0.29, 0.717) is 0 Å². The van der Waals surface area contributed by atoms with E-state index in [9.17, 15) is 0 Å². The molecule has 1 atom stereocenters. The molecule has 0 amide bonds. The summed E-state index contributed by atoms with van der Waals surface area (Å²) in [6, 6.07) is 6.29. The zero-order valence-corrected chi connectivity index (χ0v) is 12.9. The molecule has 0 spiro atoms. The minimum absolute atomic E-state index is 0.794. The molecule has 0 aliphatic carbocycles. The van der Waals surface area contributed by atoms with Crippen molar-refractivity contribution in [2.24, 2.45) is 5.92 Å². The molecule has 1 rings (SSSR count). The quantitative estimate of drug-likeness (QED) is 0.634. The maximum absolute atomic E-state index is 5.37. The van der Waals surface area contributed by atoms with Crippen molar-refractivity contribution in [3.63, 3.8) is 0 Å². The molecule has 0 aliphatic rings. The molecule has 0 bridgehead atoms. The molecule has 108 valence electrons. The fourth-order valence-electron chi connectivity index (χ4n) is 2.59. The van der Waals surface area contributed by atoms with Gasteiger partial charge in [-0.1, -0.05) is 52.0 Å². The highest BCUT2D eigenvalue weighted by molar-refractivity contribution is 5.42. The van der Waals surface area contributed by atoms with Crippen LogP contribution in [-0.4, -0.2) is 14.2 Å². The second kappa shape index (κ2) is 8.84. The summed E-state index contributed by atoms with van der Waals surface area (Å²) < 4.78 is 10.7. The van der Waals surface area contributed by atoms with Crippen LogP contribution in [0.15, 0.2) is 18.2 Å². The molecule has 2 nitrogen and oxygen atoms in total. The summed E-state index contributed by atoms with van der Waals surface area (Å²) in [5.41, 5.74) is 1.35. The lowest BCUT2D eigenvalue weighted by atomic mass is 9.90. The minimum Gasteiger partial charge on any atom is -0.493 e. The smallest absolute Gasteiger partial charge is 0.160 e. The molecule has 1 unspecified atom stereocenters. The summed E-state index contributed by atoms with van der Waals surface area (Å²) in [5, 5.41) is 0. The molecular weight excluding hydrogens is 236 g/mol. The number of methoxy groups -OCH3 is 2. The van der Waals surface area contributed by atoms with Crippen LogP contribution in [0.25, 0.3) is 0 Å². The largest absolute Gasteiger partial charge is 0.493 e. The summed E-state index contributed by atoms with van der Waals surface area (Å²) in [5.74, 6) is 2.45. The molecule has 2 heteroatoms. The lowest BCUT2D eigenvalue weighted by molar-refractivity contribution is 0.353. The van der Waals surface area contributed by atoms with Gasteiger partial charge in [0.15, 0.2) is 11.5 Å². The van der Waals surface area contributed by atoms with Crippen molar-refractivity contribution in [1.82, 2.24) is 0 Å². The van der Waals surface area contributed by atoms with E-state index in [2.05, 4.69) is 26.0 Å². The first-order valence-corrected chi connectivity index (χ1v) is 7.46. The molecule has 0 saturated carbocycles. The molecule has 0 aromatic heterocycles. The molecule has 0 saturated heterocycles. The number of hydrogen-bond donors (Lipinski definition) is 0. The van der Waals surface area contributed by atoms with Crippen molar-refractivity contribution in [1.29, 1.82) is 0 Å².